The van der Waals surface area contributed by atoms with E-state index >= 15 is 0 Å². The zero-order valence-corrected chi connectivity index (χ0v) is 9.91. The summed E-state index contributed by atoms with van der Waals surface area (Å²) in [7, 11) is 1.94. The average molecular weight is 236 g/mol. The second kappa shape index (κ2) is 5.14. The summed E-state index contributed by atoms with van der Waals surface area (Å²) in [6.07, 6.45) is 4.61. The van der Waals surface area contributed by atoms with Crippen molar-refractivity contribution in [3.05, 3.63) is 47.2 Å². The predicted octanol–water partition coefficient (Wildman–Crippen LogP) is 2.29. The molecule has 0 saturated carbocycles. The van der Waals surface area contributed by atoms with Gasteiger partial charge >= 0.3 is 0 Å². The second-order valence-electron chi connectivity index (χ2n) is 3.59. The normalized spacial score (nSPS) is 10.6. The summed E-state index contributed by atoms with van der Waals surface area (Å²) >= 11 is 6.22. The molecule has 0 aliphatic carbocycles. The Morgan fingerprint density at radius 3 is 2.94 bits per heavy atom. The third kappa shape index (κ3) is 2.43. The predicted molar refractivity (Wildman–Crippen MR) is 66.2 cm³/mol. The largest absolute Gasteiger partial charge is 0.319 e. The van der Waals surface area contributed by atoms with Crippen LogP contribution in [0.15, 0.2) is 36.7 Å². The Kier molecular flexibility index (Phi) is 3.59. The van der Waals surface area contributed by atoms with Crippen LogP contribution in [0, 0.1) is 0 Å². The molecule has 0 aliphatic heterocycles. The number of hydrogen-bond donors (Lipinski definition) is 1. The van der Waals surface area contributed by atoms with Crippen molar-refractivity contribution in [3.63, 3.8) is 0 Å². The molecular formula is C12H14ClN3. The minimum atomic E-state index is 0.734. The molecule has 4 heteroatoms. The van der Waals surface area contributed by atoms with Crippen LogP contribution in [0.25, 0.3) is 5.69 Å². The zero-order chi connectivity index (χ0) is 11.4. The van der Waals surface area contributed by atoms with Crippen molar-refractivity contribution in [2.75, 3.05) is 13.6 Å². The molecule has 0 fully saturated rings. The molecule has 84 valence electrons. The van der Waals surface area contributed by atoms with E-state index in [9.17, 15) is 0 Å². The lowest BCUT2D eigenvalue weighted by atomic mass is 10.1. The van der Waals surface area contributed by atoms with Gasteiger partial charge in [0.25, 0.3) is 0 Å². The van der Waals surface area contributed by atoms with Gasteiger partial charge in [-0.25, -0.2) is 4.68 Å². The van der Waals surface area contributed by atoms with Crippen molar-refractivity contribution in [2.24, 2.45) is 0 Å². The fourth-order valence-electron chi connectivity index (χ4n) is 1.57. The van der Waals surface area contributed by atoms with Crippen LogP contribution in [0.3, 0.4) is 0 Å². The van der Waals surface area contributed by atoms with E-state index < -0.39 is 0 Å². The molecule has 1 heterocycles. The Labute approximate surface area is 100 Å². The Morgan fingerprint density at radius 2 is 2.31 bits per heavy atom. The Hall–Kier alpha value is -1.32. The van der Waals surface area contributed by atoms with Crippen molar-refractivity contribution in [1.29, 1.82) is 0 Å². The van der Waals surface area contributed by atoms with Crippen molar-refractivity contribution in [1.82, 2.24) is 15.1 Å². The summed E-state index contributed by atoms with van der Waals surface area (Å²) in [5.74, 6) is 0. The maximum Gasteiger partial charge on any atom is 0.0831 e. The molecule has 1 aromatic carbocycles. The third-order valence-electron chi connectivity index (χ3n) is 2.43. The third-order valence-corrected chi connectivity index (χ3v) is 2.73. The lowest BCUT2D eigenvalue weighted by molar-refractivity contribution is 0.791. The van der Waals surface area contributed by atoms with E-state index in [4.69, 9.17) is 11.6 Å². The minimum absolute atomic E-state index is 0.734. The van der Waals surface area contributed by atoms with Gasteiger partial charge in [0.05, 0.1) is 10.7 Å². The zero-order valence-electron chi connectivity index (χ0n) is 9.15. The molecule has 0 atom stereocenters. The van der Waals surface area contributed by atoms with Crippen LogP contribution in [-0.2, 0) is 6.42 Å². The van der Waals surface area contributed by atoms with Crippen LogP contribution < -0.4 is 5.32 Å². The Balaban J connectivity index is 2.23. The fourth-order valence-corrected chi connectivity index (χ4v) is 1.86. The Bertz CT molecular complexity index is 451. The number of likely N-dealkylation sites (N-methyl/N-ethyl adjacent to an activating group) is 1. The summed E-state index contributed by atoms with van der Waals surface area (Å²) in [4.78, 5) is 0. The van der Waals surface area contributed by atoms with Crippen LogP contribution in [-0.4, -0.2) is 23.4 Å². The minimum Gasteiger partial charge on any atom is -0.319 e. The van der Waals surface area contributed by atoms with E-state index in [2.05, 4.69) is 16.5 Å². The maximum absolute atomic E-state index is 6.22. The lowest BCUT2D eigenvalue weighted by Crippen LogP contribution is -2.10. The number of rotatable bonds is 4. The summed E-state index contributed by atoms with van der Waals surface area (Å²) in [6.45, 7) is 0.956. The monoisotopic (exact) mass is 235 g/mol. The van der Waals surface area contributed by atoms with Gasteiger partial charge in [0.2, 0.25) is 0 Å². The molecule has 0 radical (unpaired) electrons. The molecule has 0 bridgehead atoms. The highest BCUT2D eigenvalue weighted by atomic mass is 35.5. The van der Waals surface area contributed by atoms with Gasteiger partial charge in [0, 0.05) is 12.4 Å². The topological polar surface area (TPSA) is 29.9 Å². The quantitative estimate of drug-likeness (QED) is 0.881. The molecule has 3 nitrogen and oxygen atoms in total. The molecule has 16 heavy (non-hydrogen) atoms. The summed E-state index contributed by atoms with van der Waals surface area (Å²) in [6, 6.07) is 7.96. The number of nitrogens with one attached hydrogen (secondary N) is 1. The maximum atomic E-state index is 6.22. The molecule has 0 amide bonds. The molecule has 0 saturated heterocycles. The van der Waals surface area contributed by atoms with Crippen LogP contribution in [0.5, 0.6) is 0 Å². The highest BCUT2D eigenvalue weighted by molar-refractivity contribution is 6.32. The number of halogens is 1. The summed E-state index contributed by atoms with van der Waals surface area (Å²) in [5, 5.41) is 8.01. The van der Waals surface area contributed by atoms with E-state index in [0.717, 1.165) is 23.7 Å². The molecule has 2 aromatic rings. The number of nitrogens with zero attached hydrogens (tertiary/aromatic N) is 2. The van der Waals surface area contributed by atoms with Gasteiger partial charge in [-0.15, -0.1) is 0 Å². The fraction of sp³-hybridized carbons (Fsp3) is 0.250. The van der Waals surface area contributed by atoms with Gasteiger partial charge < -0.3 is 5.32 Å². The molecule has 1 N–H and O–H groups in total. The molecule has 0 spiro atoms. The van der Waals surface area contributed by atoms with Crippen molar-refractivity contribution in [3.8, 4) is 5.69 Å². The van der Waals surface area contributed by atoms with Gasteiger partial charge in [-0.1, -0.05) is 17.7 Å². The summed E-state index contributed by atoms with van der Waals surface area (Å²) in [5.41, 5.74) is 2.15. The van der Waals surface area contributed by atoms with Crippen LogP contribution in [0.4, 0.5) is 0 Å². The number of benzene rings is 1. The molecular weight excluding hydrogens is 222 g/mol. The van der Waals surface area contributed by atoms with Crippen molar-refractivity contribution >= 4 is 11.6 Å². The van der Waals surface area contributed by atoms with E-state index in [1.807, 2.05) is 31.4 Å². The second-order valence-corrected chi connectivity index (χ2v) is 4.00. The first-order valence-corrected chi connectivity index (χ1v) is 5.62. The van der Waals surface area contributed by atoms with E-state index in [0.29, 0.717) is 0 Å². The number of aromatic nitrogens is 2. The number of hydrogen-bond acceptors (Lipinski definition) is 2. The molecule has 0 aliphatic rings. The van der Waals surface area contributed by atoms with Gasteiger partial charge in [0.1, 0.15) is 0 Å². The average Bonchev–Trinajstić information content (AvgIpc) is 2.80. The van der Waals surface area contributed by atoms with Crippen LogP contribution in [0.1, 0.15) is 5.56 Å². The first-order chi connectivity index (χ1) is 7.81. The van der Waals surface area contributed by atoms with E-state index in [1.165, 1.54) is 5.56 Å². The van der Waals surface area contributed by atoms with Crippen LogP contribution in [0.2, 0.25) is 5.02 Å². The molecule has 0 unspecified atom stereocenters. The Morgan fingerprint density at radius 1 is 1.44 bits per heavy atom. The standard InChI is InChI=1S/C12H14ClN3/c1-14-7-5-10-3-4-12(11(13)9-10)16-8-2-6-15-16/h2-4,6,8-9,14H,5,7H2,1H3. The van der Waals surface area contributed by atoms with Gasteiger partial charge in [0.15, 0.2) is 0 Å². The van der Waals surface area contributed by atoms with Gasteiger partial charge in [-0.05, 0) is 43.8 Å². The highest BCUT2D eigenvalue weighted by Crippen LogP contribution is 2.21. The van der Waals surface area contributed by atoms with E-state index in [1.54, 1.807) is 10.9 Å². The summed E-state index contributed by atoms with van der Waals surface area (Å²) < 4.78 is 1.77. The molecule has 1 aromatic heterocycles. The highest BCUT2D eigenvalue weighted by Gasteiger charge is 2.03. The smallest absolute Gasteiger partial charge is 0.0831 e. The SMILES string of the molecule is CNCCc1ccc(-n2cccn2)c(Cl)c1. The first-order valence-electron chi connectivity index (χ1n) is 5.24. The lowest BCUT2D eigenvalue weighted by Gasteiger charge is -2.07. The molecule has 2 rings (SSSR count). The van der Waals surface area contributed by atoms with Gasteiger partial charge in [-0.2, -0.15) is 5.10 Å². The van der Waals surface area contributed by atoms with Gasteiger partial charge in [-0.3, -0.25) is 0 Å². The first kappa shape index (κ1) is 11.2. The van der Waals surface area contributed by atoms with Crippen molar-refractivity contribution < 1.29 is 0 Å². The van der Waals surface area contributed by atoms with Crippen LogP contribution >= 0.6 is 11.6 Å². The van der Waals surface area contributed by atoms with E-state index in [-0.39, 0.29) is 0 Å². The van der Waals surface area contributed by atoms with Crippen molar-refractivity contribution in [2.45, 2.75) is 6.42 Å².